The molecule has 50 heavy (non-hydrogen) atoms. The van der Waals surface area contributed by atoms with Gasteiger partial charge in [-0.1, -0.05) is 12.1 Å². The molecule has 1 heterocycles. The highest BCUT2D eigenvalue weighted by molar-refractivity contribution is 6.01. The fourth-order valence-electron chi connectivity index (χ4n) is 4.65. The molecule has 3 amide bonds. The molecule has 272 valence electrons. The molecule has 14 heteroatoms. The van der Waals surface area contributed by atoms with Gasteiger partial charge in [0.2, 0.25) is 17.6 Å². The number of hydrogen-bond donors (Lipinski definition) is 2. The number of hydrogen-bond acceptors (Lipinski definition) is 10. The van der Waals surface area contributed by atoms with Gasteiger partial charge in [-0.2, -0.15) is 0 Å². The van der Waals surface area contributed by atoms with Crippen LogP contribution in [0.3, 0.4) is 0 Å². The number of nitrogens with one attached hydrogen (secondary N) is 2. The molecule has 2 aromatic carbocycles. The molecule has 0 aliphatic heterocycles. The van der Waals surface area contributed by atoms with Crippen molar-refractivity contribution in [2.24, 2.45) is 0 Å². The SMILES string of the molecule is CN(C)CC(=O)N(C)c1cccc(C[C@H](NC(=O)OC(C)(C)C)C(=O)Nc2ccc3c(c2)nc(C(=O)OC(C)(C)C)n3C(=O)OC(C)(C)C)c1. The first-order chi connectivity index (χ1) is 22.9. The van der Waals surface area contributed by atoms with Crippen LogP contribution in [0.15, 0.2) is 42.5 Å². The number of likely N-dealkylation sites (N-methyl/N-ethyl adjacent to an activating group) is 2. The van der Waals surface area contributed by atoms with Crippen LogP contribution < -0.4 is 15.5 Å². The van der Waals surface area contributed by atoms with Crippen molar-refractivity contribution in [1.29, 1.82) is 0 Å². The van der Waals surface area contributed by atoms with E-state index in [0.717, 1.165) is 4.57 Å². The van der Waals surface area contributed by atoms with Gasteiger partial charge in [0.05, 0.1) is 17.6 Å². The summed E-state index contributed by atoms with van der Waals surface area (Å²) in [5.41, 5.74) is -0.486. The van der Waals surface area contributed by atoms with Crippen LogP contribution in [-0.4, -0.2) is 95.0 Å². The average Bonchev–Trinajstić information content (AvgIpc) is 3.33. The van der Waals surface area contributed by atoms with E-state index in [1.807, 2.05) is 0 Å². The van der Waals surface area contributed by atoms with E-state index in [9.17, 15) is 24.0 Å². The summed E-state index contributed by atoms with van der Waals surface area (Å²) in [6.45, 7) is 15.5. The van der Waals surface area contributed by atoms with E-state index in [1.54, 1.807) is 113 Å². The molecular weight excluding hydrogens is 644 g/mol. The van der Waals surface area contributed by atoms with Gasteiger partial charge in [0.25, 0.3) is 0 Å². The fourth-order valence-corrected chi connectivity index (χ4v) is 4.65. The molecule has 0 radical (unpaired) electrons. The Morgan fingerprint density at radius 3 is 2.02 bits per heavy atom. The zero-order valence-electron chi connectivity index (χ0n) is 31.1. The number of carbonyl (C=O) groups is 5. The van der Waals surface area contributed by atoms with Gasteiger partial charge < -0.3 is 34.6 Å². The average molecular weight is 695 g/mol. The summed E-state index contributed by atoms with van der Waals surface area (Å²) >= 11 is 0. The minimum absolute atomic E-state index is 0.0624. The third-order valence-corrected chi connectivity index (χ3v) is 6.65. The highest BCUT2D eigenvalue weighted by Gasteiger charge is 2.31. The monoisotopic (exact) mass is 694 g/mol. The number of carbonyl (C=O) groups excluding carboxylic acids is 5. The fraction of sp³-hybridized carbons (Fsp3) is 0.500. The van der Waals surface area contributed by atoms with Crippen molar-refractivity contribution in [3.63, 3.8) is 0 Å². The summed E-state index contributed by atoms with van der Waals surface area (Å²) < 4.78 is 17.5. The second-order valence-electron chi connectivity index (χ2n) is 15.2. The zero-order valence-corrected chi connectivity index (χ0v) is 31.1. The maximum atomic E-state index is 13.8. The van der Waals surface area contributed by atoms with E-state index in [1.165, 1.54) is 23.1 Å². The number of fused-ring (bicyclic) bond motifs is 1. The van der Waals surface area contributed by atoms with Gasteiger partial charge in [0.15, 0.2) is 0 Å². The number of rotatable bonds is 9. The number of benzene rings is 2. The van der Waals surface area contributed by atoms with Crippen molar-refractivity contribution in [2.45, 2.75) is 91.6 Å². The van der Waals surface area contributed by atoms with Crippen LogP contribution in [-0.2, 0) is 30.2 Å². The summed E-state index contributed by atoms with van der Waals surface area (Å²) in [5, 5.41) is 5.46. The van der Waals surface area contributed by atoms with Crippen molar-refractivity contribution < 1.29 is 38.2 Å². The molecule has 0 unspecified atom stereocenters. The van der Waals surface area contributed by atoms with Gasteiger partial charge in [-0.25, -0.2) is 23.9 Å². The number of aromatic nitrogens is 2. The van der Waals surface area contributed by atoms with Crippen molar-refractivity contribution in [1.82, 2.24) is 19.8 Å². The predicted octanol–water partition coefficient (Wildman–Crippen LogP) is 5.37. The first-order valence-electron chi connectivity index (χ1n) is 16.2. The van der Waals surface area contributed by atoms with E-state index in [4.69, 9.17) is 14.2 Å². The van der Waals surface area contributed by atoms with E-state index in [0.29, 0.717) is 11.3 Å². The number of ether oxygens (including phenoxy) is 3. The lowest BCUT2D eigenvalue weighted by atomic mass is 10.0. The Bertz CT molecular complexity index is 1740. The van der Waals surface area contributed by atoms with Gasteiger partial charge >= 0.3 is 18.2 Å². The van der Waals surface area contributed by atoms with Crippen LogP contribution in [0.1, 0.15) is 78.5 Å². The molecule has 0 spiro atoms. The summed E-state index contributed by atoms with van der Waals surface area (Å²) in [5.74, 6) is -1.81. The number of alkyl carbamates (subject to hydrolysis) is 1. The van der Waals surface area contributed by atoms with Gasteiger partial charge in [-0.3, -0.25) is 9.59 Å². The van der Waals surface area contributed by atoms with Gasteiger partial charge in [0, 0.05) is 24.8 Å². The van der Waals surface area contributed by atoms with Crippen molar-refractivity contribution in [2.75, 3.05) is 37.9 Å². The summed E-state index contributed by atoms with van der Waals surface area (Å²) in [6, 6.07) is 10.6. The molecule has 0 fully saturated rings. The lowest BCUT2D eigenvalue weighted by Gasteiger charge is -2.24. The van der Waals surface area contributed by atoms with Crippen LogP contribution in [0.5, 0.6) is 0 Å². The molecule has 3 aromatic rings. The largest absolute Gasteiger partial charge is 0.454 e. The molecule has 3 rings (SSSR count). The summed E-state index contributed by atoms with van der Waals surface area (Å²) in [4.78, 5) is 73.4. The highest BCUT2D eigenvalue weighted by atomic mass is 16.6. The second-order valence-corrected chi connectivity index (χ2v) is 15.2. The Morgan fingerprint density at radius 1 is 0.820 bits per heavy atom. The Hall–Kier alpha value is -4.98. The molecule has 0 saturated carbocycles. The molecule has 0 bridgehead atoms. The lowest BCUT2D eigenvalue weighted by Crippen LogP contribution is -2.47. The molecule has 0 saturated heterocycles. The molecule has 0 aliphatic carbocycles. The summed E-state index contributed by atoms with van der Waals surface area (Å²) in [7, 11) is 5.28. The zero-order chi connectivity index (χ0) is 37.8. The van der Waals surface area contributed by atoms with Crippen molar-refractivity contribution in [3.05, 3.63) is 53.9 Å². The first-order valence-corrected chi connectivity index (χ1v) is 16.2. The second kappa shape index (κ2) is 15.3. The van der Waals surface area contributed by atoms with E-state index < -0.39 is 46.9 Å². The van der Waals surface area contributed by atoms with Gasteiger partial charge in [-0.05, 0) is 112 Å². The predicted molar refractivity (Wildman–Crippen MR) is 190 cm³/mol. The smallest absolute Gasteiger partial charge is 0.420 e. The van der Waals surface area contributed by atoms with E-state index >= 15 is 0 Å². The molecule has 0 aliphatic rings. The van der Waals surface area contributed by atoms with Crippen LogP contribution in [0.25, 0.3) is 11.0 Å². The normalized spacial score (nSPS) is 12.7. The number of imidazole rings is 1. The summed E-state index contributed by atoms with van der Waals surface area (Å²) in [6.07, 6.45) is -1.55. The molecule has 1 atom stereocenters. The minimum Gasteiger partial charge on any atom is -0.454 e. The first kappa shape index (κ1) is 39.5. The molecule has 2 N–H and O–H groups in total. The van der Waals surface area contributed by atoms with Crippen LogP contribution >= 0.6 is 0 Å². The highest BCUT2D eigenvalue weighted by Crippen LogP contribution is 2.25. The number of nitrogens with zero attached hydrogens (tertiary/aromatic N) is 4. The maximum Gasteiger partial charge on any atom is 0.420 e. The van der Waals surface area contributed by atoms with Crippen LogP contribution in [0, 0.1) is 0 Å². The standard InChI is InChI=1S/C36H50N6O8/c1-34(2,3)48-31(45)29-38-25-20-23(16-17-27(25)42(29)33(47)50-36(7,8)9)37-30(44)26(39-32(46)49-35(4,5)6)19-22-14-13-15-24(18-22)41(12)28(43)21-40(10)11/h13-18,20,26H,19,21H2,1-12H3,(H,37,44)(H,39,46)/t26-/m0/s1. The Labute approximate surface area is 293 Å². The third kappa shape index (κ3) is 11.6. The van der Waals surface area contributed by atoms with Gasteiger partial charge in [0.1, 0.15) is 22.8 Å². The van der Waals surface area contributed by atoms with Crippen molar-refractivity contribution >= 4 is 52.4 Å². The Morgan fingerprint density at radius 2 is 1.44 bits per heavy atom. The lowest BCUT2D eigenvalue weighted by molar-refractivity contribution is -0.119. The maximum absolute atomic E-state index is 13.8. The Balaban J connectivity index is 1.97. The minimum atomic E-state index is -1.10. The Kier molecular flexibility index (Phi) is 12.1. The quantitative estimate of drug-likeness (QED) is 0.220. The van der Waals surface area contributed by atoms with Gasteiger partial charge in [-0.15, -0.1) is 0 Å². The third-order valence-electron chi connectivity index (χ3n) is 6.65. The molecule has 14 nitrogen and oxygen atoms in total. The van der Waals surface area contributed by atoms with Crippen LogP contribution in [0.2, 0.25) is 0 Å². The topological polar surface area (TPSA) is 161 Å². The van der Waals surface area contributed by atoms with Crippen LogP contribution in [0.4, 0.5) is 21.0 Å². The van der Waals surface area contributed by atoms with Crippen molar-refractivity contribution in [3.8, 4) is 0 Å². The number of amides is 3. The molecule has 1 aromatic heterocycles. The van der Waals surface area contributed by atoms with E-state index in [2.05, 4.69) is 15.6 Å². The number of esters is 1. The number of anilines is 2. The van der Waals surface area contributed by atoms with E-state index in [-0.39, 0.29) is 41.4 Å². The molecular formula is C36H50N6O8.